The van der Waals surface area contributed by atoms with E-state index < -0.39 is 0 Å². The van der Waals surface area contributed by atoms with Crippen molar-refractivity contribution in [2.75, 3.05) is 12.3 Å². The van der Waals surface area contributed by atoms with E-state index in [-0.39, 0.29) is 0 Å². The monoisotopic (exact) mass is 334 g/mol. The van der Waals surface area contributed by atoms with Gasteiger partial charge in [0.15, 0.2) is 0 Å². The molecule has 0 fully saturated rings. The van der Waals surface area contributed by atoms with Crippen molar-refractivity contribution in [1.82, 2.24) is 4.90 Å². The van der Waals surface area contributed by atoms with Crippen LogP contribution in [0.5, 0.6) is 11.5 Å². The van der Waals surface area contributed by atoms with Gasteiger partial charge in [-0.2, -0.15) is 4.40 Å². The molecule has 2 aliphatic rings. The van der Waals surface area contributed by atoms with Gasteiger partial charge >= 0.3 is 0 Å². The van der Waals surface area contributed by atoms with Crippen LogP contribution in [0.1, 0.15) is 11.1 Å². The van der Waals surface area contributed by atoms with Gasteiger partial charge in [-0.1, -0.05) is 30.3 Å². The minimum atomic E-state index is 0.844. The minimum absolute atomic E-state index is 0.844. The highest BCUT2D eigenvalue weighted by Gasteiger charge is 2.21. The topological polar surface area (TPSA) is 24.8 Å². The summed E-state index contributed by atoms with van der Waals surface area (Å²) in [6.07, 6.45) is 6.30. The molecule has 0 aromatic heterocycles. The lowest BCUT2D eigenvalue weighted by Crippen LogP contribution is -2.32. The van der Waals surface area contributed by atoms with Gasteiger partial charge in [0.2, 0.25) is 0 Å². The molecular weight excluding hydrogens is 316 g/mol. The first-order valence-corrected chi connectivity index (χ1v) is 8.95. The second kappa shape index (κ2) is 6.57. The standard InChI is InChI=1S/C20H18N2OS/c1-15-5-2-3-7-19(15)23-17-10-8-16(9-11-17)18-6-4-12-22-13-14-24-21-20(18)22/h2-12H,13-14H2,1H3. The number of aryl methyl sites for hydroxylation is 1. The Kier molecular flexibility index (Phi) is 4.13. The number of para-hydroxylation sites is 1. The second-order valence-corrected chi connectivity index (χ2v) is 6.60. The number of allylic oxidation sites excluding steroid dienone is 2. The van der Waals surface area contributed by atoms with Crippen LogP contribution in [0.4, 0.5) is 0 Å². The van der Waals surface area contributed by atoms with E-state index in [0.29, 0.717) is 0 Å². The zero-order valence-corrected chi connectivity index (χ0v) is 14.3. The van der Waals surface area contributed by atoms with E-state index in [1.807, 2.05) is 30.3 Å². The Bertz CT molecular complexity index is 837. The first-order chi connectivity index (χ1) is 11.8. The average molecular weight is 334 g/mol. The number of amidine groups is 1. The average Bonchev–Trinajstić information content (AvgIpc) is 2.64. The molecule has 0 bridgehead atoms. The number of benzene rings is 2. The molecule has 4 rings (SSSR count). The fraction of sp³-hybridized carbons (Fsp3) is 0.150. The maximum Gasteiger partial charge on any atom is 0.148 e. The maximum absolute atomic E-state index is 5.98. The largest absolute Gasteiger partial charge is 0.457 e. The van der Waals surface area contributed by atoms with Gasteiger partial charge in [0.1, 0.15) is 17.3 Å². The summed E-state index contributed by atoms with van der Waals surface area (Å²) in [5.41, 5.74) is 3.45. The molecule has 3 nitrogen and oxygen atoms in total. The van der Waals surface area contributed by atoms with E-state index in [9.17, 15) is 0 Å². The Morgan fingerprint density at radius 2 is 1.92 bits per heavy atom. The summed E-state index contributed by atoms with van der Waals surface area (Å²) < 4.78 is 10.6. The van der Waals surface area contributed by atoms with Gasteiger partial charge in [-0.3, -0.25) is 0 Å². The van der Waals surface area contributed by atoms with Crippen molar-refractivity contribution in [3.63, 3.8) is 0 Å². The lowest BCUT2D eigenvalue weighted by molar-refractivity contribution is 0.479. The van der Waals surface area contributed by atoms with Crippen molar-refractivity contribution in [3.05, 3.63) is 78.0 Å². The highest BCUT2D eigenvalue weighted by atomic mass is 32.2. The molecule has 0 N–H and O–H groups in total. The van der Waals surface area contributed by atoms with Crippen LogP contribution in [-0.2, 0) is 0 Å². The molecule has 0 saturated carbocycles. The van der Waals surface area contributed by atoms with Crippen molar-refractivity contribution < 1.29 is 4.74 Å². The number of ether oxygens (including phenoxy) is 1. The molecule has 0 saturated heterocycles. The van der Waals surface area contributed by atoms with Gasteiger partial charge in [0, 0.05) is 24.1 Å². The Labute approximate surface area is 146 Å². The normalized spacial score (nSPS) is 16.3. The van der Waals surface area contributed by atoms with E-state index >= 15 is 0 Å². The summed E-state index contributed by atoms with van der Waals surface area (Å²) >= 11 is 1.63. The molecule has 0 amide bonds. The highest BCUT2D eigenvalue weighted by molar-refractivity contribution is 7.98. The molecule has 2 aromatic rings. The highest BCUT2D eigenvalue weighted by Crippen LogP contribution is 2.30. The zero-order chi connectivity index (χ0) is 16.4. The van der Waals surface area contributed by atoms with E-state index in [1.165, 1.54) is 0 Å². The Balaban J connectivity index is 1.58. The molecule has 2 aromatic carbocycles. The van der Waals surface area contributed by atoms with Crippen LogP contribution in [0, 0.1) is 6.92 Å². The van der Waals surface area contributed by atoms with Crippen LogP contribution in [-0.4, -0.2) is 23.0 Å². The zero-order valence-electron chi connectivity index (χ0n) is 13.5. The van der Waals surface area contributed by atoms with Crippen LogP contribution in [0.25, 0.3) is 5.57 Å². The van der Waals surface area contributed by atoms with Crippen LogP contribution < -0.4 is 4.74 Å². The van der Waals surface area contributed by atoms with Crippen LogP contribution >= 0.6 is 11.9 Å². The summed E-state index contributed by atoms with van der Waals surface area (Å²) in [6.45, 7) is 3.06. The summed E-state index contributed by atoms with van der Waals surface area (Å²) in [7, 11) is 0. The Morgan fingerprint density at radius 1 is 1.08 bits per heavy atom. The summed E-state index contributed by atoms with van der Waals surface area (Å²) in [5, 5.41) is 0. The van der Waals surface area contributed by atoms with Crippen molar-refractivity contribution in [2.24, 2.45) is 4.40 Å². The number of rotatable bonds is 3. The molecule has 24 heavy (non-hydrogen) atoms. The Hall–Kier alpha value is -2.46. The SMILES string of the molecule is Cc1ccccc1Oc1ccc(C2=CC=CN3CCSN=C23)cc1. The second-order valence-electron chi connectivity index (χ2n) is 5.76. The molecule has 0 aliphatic carbocycles. The van der Waals surface area contributed by atoms with Crippen LogP contribution in [0.2, 0.25) is 0 Å². The van der Waals surface area contributed by atoms with E-state index in [1.54, 1.807) is 11.9 Å². The van der Waals surface area contributed by atoms with Crippen molar-refractivity contribution >= 4 is 23.4 Å². The lowest BCUT2D eigenvalue weighted by Gasteiger charge is -2.29. The van der Waals surface area contributed by atoms with E-state index in [4.69, 9.17) is 4.74 Å². The minimum Gasteiger partial charge on any atom is -0.457 e. The lowest BCUT2D eigenvalue weighted by atomic mass is 10.0. The number of hydrogen-bond acceptors (Lipinski definition) is 4. The van der Waals surface area contributed by atoms with Gasteiger partial charge in [0.05, 0.1) is 0 Å². The number of fused-ring (bicyclic) bond motifs is 1. The molecule has 2 heterocycles. The summed E-state index contributed by atoms with van der Waals surface area (Å²) in [5.74, 6) is 3.81. The van der Waals surface area contributed by atoms with E-state index in [0.717, 1.165) is 46.3 Å². The molecule has 4 heteroatoms. The van der Waals surface area contributed by atoms with Crippen molar-refractivity contribution in [2.45, 2.75) is 6.92 Å². The molecule has 0 radical (unpaired) electrons. The quantitative estimate of drug-likeness (QED) is 0.733. The van der Waals surface area contributed by atoms with Crippen LogP contribution in [0.3, 0.4) is 0 Å². The number of hydrogen-bond donors (Lipinski definition) is 0. The van der Waals surface area contributed by atoms with Gasteiger partial charge in [-0.15, -0.1) is 0 Å². The fourth-order valence-electron chi connectivity index (χ4n) is 2.80. The van der Waals surface area contributed by atoms with Crippen molar-refractivity contribution in [3.8, 4) is 11.5 Å². The third-order valence-electron chi connectivity index (χ3n) is 4.10. The van der Waals surface area contributed by atoms with Gasteiger partial charge in [-0.05, 0) is 60.3 Å². The molecule has 2 aliphatic heterocycles. The molecule has 0 atom stereocenters. The van der Waals surface area contributed by atoms with Gasteiger partial charge in [0.25, 0.3) is 0 Å². The number of nitrogens with zero attached hydrogens (tertiary/aromatic N) is 2. The first kappa shape index (κ1) is 15.1. The maximum atomic E-state index is 5.98. The predicted molar refractivity (Wildman–Crippen MR) is 101 cm³/mol. The van der Waals surface area contributed by atoms with Gasteiger partial charge < -0.3 is 9.64 Å². The Morgan fingerprint density at radius 3 is 2.75 bits per heavy atom. The predicted octanol–water partition coefficient (Wildman–Crippen LogP) is 5.06. The van der Waals surface area contributed by atoms with Gasteiger partial charge in [-0.25, -0.2) is 0 Å². The van der Waals surface area contributed by atoms with Crippen LogP contribution in [0.15, 0.2) is 71.3 Å². The molecular formula is C20H18N2OS. The molecule has 120 valence electrons. The summed E-state index contributed by atoms with van der Waals surface area (Å²) in [6, 6.07) is 16.3. The first-order valence-electron chi connectivity index (χ1n) is 8.01. The smallest absolute Gasteiger partial charge is 0.148 e. The van der Waals surface area contributed by atoms with Crippen molar-refractivity contribution in [1.29, 1.82) is 0 Å². The third kappa shape index (κ3) is 2.97. The molecule has 0 spiro atoms. The molecule has 0 unspecified atom stereocenters. The third-order valence-corrected chi connectivity index (χ3v) is 4.77. The summed E-state index contributed by atoms with van der Waals surface area (Å²) in [4.78, 5) is 2.21. The fourth-order valence-corrected chi connectivity index (χ4v) is 3.49. The van der Waals surface area contributed by atoms with E-state index in [2.05, 4.69) is 52.8 Å².